The van der Waals surface area contributed by atoms with Gasteiger partial charge in [-0.3, -0.25) is 0 Å². The van der Waals surface area contributed by atoms with Gasteiger partial charge >= 0.3 is 0 Å². The van der Waals surface area contributed by atoms with Gasteiger partial charge in [-0.25, -0.2) is 0 Å². The fourth-order valence-electron chi connectivity index (χ4n) is 6.25. The van der Waals surface area contributed by atoms with Gasteiger partial charge in [-0.2, -0.15) is 8.78 Å². The zero-order valence-electron chi connectivity index (χ0n) is 19.8. The van der Waals surface area contributed by atoms with Crippen molar-refractivity contribution in [1.82, 2.24) is 0 Å². The lowest BCUT2D eigenvalue weighted by molar-refractivity contribution is 0.184. The Morgan fingerprint density at radius 2 is 1.55 bits per heavy atom. The smallest absolute Gasteiger partial charge is 0.173 e. The Balaban J connectivity index is 1.26. The van der Waals surface area contributed by atoms with E-state index in [2.05, 4.69) is 6.92 Å². The van der Waals surface area contributed by atoms with Crippen LogP contribution in [0.3, 0.4) is 0 Å². The highest BCUT2D eigenvalue weighted by molar-refractivity contribution is 6.58. The van der Waals surface area contributed by atoms with Crippen LogP contribution < -0.4 is 0 Å². The Kier molecular flexibility index (Phi) is 10.8. The number of halogens is 2. The average Bonchev–Trinajstić information content (AvgIpc) is 2.79. The van der Waals surface area contributed by atoms with E-state index in [1.54, 1.807) is 43.1 Å². The molecule has 1 aliphatic heterocycles. The van der Waals surface area contributed by atoms with Crippen molar-refractivity contribution in [2.45, 2.75) is 109 Å². The predicted octanol–water partition coefficient (Wildman–Crippen LogP) is 9.27. The highest BCUT2D eigenvalue weighted by Gasteiger charge is 2.30. The monoisotopic (exact) mass is 446 g/mol. The minimum atomic E-state index is -1.63. The molecule has 1 saturated carbocycles. The molecule has 0 unspecified atom stereocenters. The van der Waals surface area contributed by atoms with Gasteiger partial charge < -0.3 is 0 Å². The van der Waals surface area contributed by atoms with Crippen molar-refractivity contribution in [2.75, 3.05) is 0 Å². The number of rotatable bonds is 11. The van der Waals surface area contributed by atoms with Gasteiger partial charge in [0.2, 0.25) is 0 Å². The Hall–Kier alpha value is -0.963. The maximum Gasteiger partial charge on any atom is 0.270 e. The summed E-state index contributed by atoms with van der Waals surface area (Å²) in [6, 6.07) is 12.5. The fourth-order valence-corrected chi connectivity index (χ4v) is 9.78. The molecule has 3 rings (SSSR count). The summed E-state index contributed by atoms with van der Waals surface area (Å²) in [6.07, 6.45) is 17.7. The van der Waals surface area contributed by atoms with Crippen molar-refractivity contribution in [1.29, 1.82) is 0 Å². The third-order valence-electron chi connectivity index (χ3n) is 8.25. The van der Waals surface area contributed by atoms with E-state index in [-0.39, 0.29) is 8.80 Å². The Labute approximate surface area is 191 Å². The molecule has 0 nitrogen and oxygen atoms in total. The lowest BCUT2D eigenvalue weighted by atomic mass is 9.73. The molecule has 0 N–H and O–H groups in total. The zero-order valence-corrected chi connectivity index (χ0v) is 20.9. The van der Waals surface area contributed by atoms with Gasteiger partial charge in [-0.1, -0.05) is 107 Å². The molecule has 0 bridgehead atoms. The molecule has 3 heteroatoms. The van der Waals surface area contributed by atoms with Crippen LogP contribution in [0.25, 0.3) is 6.08 Å². The summed E-state index contributed by atoms with van der Waals surface area (Å²) >= 11 is 0. The van der Waals surface area contributed by atoms with Crippen LogP contribution in [0.2, 0.25) is 18.1 Å². The first kappa shape index (κ1) is 24.7. The molecule has 0 aromatic heterocycles. The van der Waals surface area contributed by atoms with E-state index in [4.69, 9.17) is 0 Å². The van der Waals surface area contributed by atoms with Crippen LogP contribution >= 0.6 is 0 Å². The first-order valence-electron chi connectivity index (χ1n) is 13.3. The maximum absolute atomic E-state index is 12.3. The quantitative estimate of drug-likeness (QED) is 0.235. The third kappa shape index (κ3) is 8.83. The SMILES string of the molecule is CCCCC[Si@H]1CC[C@H]([C@H]2CC[C@H](CCCCc3ccc(C=C(F)F)cc3)CC2)CC1. The molecule has 2 fully saturated rings. The molecule has 0 radical (unpaired) electrons. The molecule has 0 amide bonds. The van der Waals surface area contributed by atoms with Crippen LogP contribution in [-0.2, 0) is 6.42 Å². The van der Waals surface area contributed by atoms with Crippen LogP contribution in [0, 0.1) is 17.8 Å². The van der Waals surface area contributed by atoms with E-state index in [1.807, 2.05) is 12.1 Å². The van der Waals surface area contributed by atoms with Gasteiger partial charge in [0.05, 0.1) is 0 Å². The standard InChI is InChI=1S/C28H44F2Si/c1-2-3-6-19-31-20-17-27(18-21-31)26-15-13-24(14-16-26)8-5-4-7-23-9-11-25(12-10-23)22-28(29)30/h9-12,22,24,26-27,31H,2-8,13-21H2,1H3/t24-,26-,27-,31-. The summed E-state index contributed by atoms with van der Waals surface area (Å²) in [6.45, 7) is 2.33. The van der Waals surface area contributed by atoms with Gasteiger partial charge in [0.25, 0.3) is 6.08 Å². The van der Waals surface area contributed by atoms with Gasteiger partial charge in [-0.05, 0) is 54.6 Å². The van der Waals surface area contributed by atoms with Crippen LogP contribution in [-0.4, -0.2) is 8.80 Å². The van der Waals surface area contributed by atoms with Crippen molar-refractivity contribution < 1.29 is 8.78 Å². The molecular formula is C28H44F2Si. The summed E-state index contributed by atoms with van der Waals surface area (Å²) in [5.74, 6) is 3.07. The van der Waals surface area contributed by atoms with E-state index in [0.717, 1.165) is 30.3 Å². The first-order valence-corrected chi connectivity index (χ1v) is 15.7. The van der Waals surface area contributed by atoms with E-state index >= 15 is 0 Å². The van der Waals surface area contributed by atoms with Gasteiger partial charge in [0, 0.05) is 14.9 Å². The summed E-state index contributed by atoms with van der Waals surface area (Å²) in [5, 5.41) is 0. The van der Waals surface area contributed by atoms with Crippen LogP contribution in [0.1, 0.15) is 95.1 Å². The summed E-state index contributed by atoms with van der Waals surface area (Å²) in [7, 11) is -0.354. The molecule has 1 aromatic rings. The summed E-state index contributed by atoms with van der Waals surface area (Å²) in [5.41, 5.74) is 1.86. The van der Waals surface area contributed by atoms with Crippen molar-refractivity contribution in [3.05, 3.63) is 41.5 Å². The molecule has 1 aliphatic carbocycles. The van der Waals surface area contributed by atoms with Crippen molar-refractivity contribution >= 4 is 14.9 Å². The molecule has 1 aromatic carbocycles. The molecule has 174 valence electrons. The lowest BCUT2D eigenvalue weighted by Gasteiger charge is -2.37. The number of benzene rings is 1. The number of hydrogen-bond acceptors (Lipinski definition) is 0. The average molecular weight is 447 g/mol. The maximum atomic E-state index is 12.3. The largest absolute Gasteiger partial charge is 0.270 e. The van der Waals surface area contributed by atoms with Gasteiger partial charge in [-0.15, -0.1) is 0 Å². The number of unbranched alkanes of at least 4 members (excludes halogenated alkanes) is 3. The zero-order chi connectivity index (χ0) is 21.9. The topological polar surface area (TPSA) is 0 Å². The van der Waals surface area contributed by atoms with Crippen molar-refractivity contribution in [3.63, 3.8) is 0 Å². The molecular weight excluding hydrogens is 402 g/mol. The molecule has 1 heterocycles. The second-order valence-corrected chi connectivity index (χ2v) is 13.9. The highest BCUT2D eigenvalue weighted by atomic mass is 28.3. The first-order chi connectivity index (χ1) is 15.1. The summed E-state index contributed by atoms with van der Waals surface area (Å²) < 4.78 is 24.6. The molecule has 2 aliphatic rings. The number of aryl methyl sites for hydroxylation is 1. The van der Waals surface area contributed by atoms with Crippen LogP contribution in [0.15, 0.2) is 30.3 Å². The third-order valence-corrected chi connectivity index (χ3v) is 11.8. The second kappa shape index (κ2) is 13.6. The highest BCUT2D eigenvalue weighted by Crippen LogP contribution is 2.42. The fraction of sp³-hybridized carbons (Fsp3) is 0.714. The van der Waals surface area contributed by atoms with Crippen LogP contribution in [0.4, 0.5) is 8.78 Å². The lowest BCUT2D eigenvalue weighted by Crippen LogP contribution is -2.28. The minimum absolute atomic E-state index is 0.354. The van der Waals surface area contributed by atoms with Crippen molar-refractivity contribution in [3.8, 4) is 0 Å². The Morgan fingerprint density at radius 3 is 2.19 bits per heavy atom. The van der Waals surface area contributed by atoms with E-state index in [9.17, 15) is 8.78 Å². The second-order valence-electron chi connectivity index (χ2n) is 10.5. The van der Waals surface area contributed by atoms with Gasteiger partial charge in [0.1, 0.15) is 0 Å². The molecule has 0 atom stereocenters. The number of hydrogen-bond donors (Lipinski definition) is 0. The molecule has 31 heavy (non-hydrogen) atoms. The predicted molar refractivity (Wildman–Crippen MR) is 133 cm³/mol. The van der Waals surface area contributed by atoms with Gasteiger partial charge in [0.15, 0.2) is 0 Å². The summed E-state index contributed by atoms with van der Waals surface area (Å²) in [4.78, 5) is 0. The van der Waals surface area contributed by atoms with E-state index in [1.165, 1.54) is 69.8 Å². The van der Waals surface area contributed by atoms with Crippen molar-refractivity contribution in [2.24, 2.45) is 17.8 Å². The van der Waals surface area contributed by atoms with E-state index in [0.29, 0.717) is 5.56 Å². The molecule has 0 spiro atoms. The molecule has 1 saturated heterocycles. The Bertz CT molecular complexity index is 633. The Morgan fingerprint density at radius 1 is 0.871 bits per heavy atom. The minimum Gasteiger partial charge on any atom is -0.173 e. The van der Waals surface area contributed by atoms with Crippen LogP contribution in [0.5, 0.6) is 0 Å². The normalized spacial score (nSPS) is 26.5. The van der Waals surface area contributed by atoms with E-state index < -0.39 is 6.08 Å².